The molecule has 1 fully saturated rings. The third-order valence-electron chi connectivity index (χ3n) is 7.05. The quantitative estimate of drug-likeness (QED) is 0.383. The van der Waals surface area contributed by atoms with Crippen LogP contribution in [0.15, 0.2) is 60.7 Å². The molecule has 1 saturated heterocycles. The van der Waals surface area contributed by atoms with E-state index in [1.807, 2.05) is 41.3 Å². The van der Waals surface area contributed by atoms with E-state index in [-0.39, 0.29) is 23.6 Å². The van der Waals surface area contributed by atoms with Gasteiger partial charge in [-0.25, -0.2) is 0 Å². The molecule has 2 aliphatic rings. The molecule has 7 heteroatoms. The van der Waals surface area contributed by atoms with Gasteiger partial charge in [0.05, 0.1) is 14.2 Å². The Morgan fingerprint density at radius 2 is 1.56 bits per heavy atom. The van der Waals surface area contributed by atoms with Crippen LogP contribution in [0.5, 0.6) is 11.5 Å². The van der Waals surface area contributed by atoms with Gasteiger partial charge in [-0.15, -0.1) is 0 Å². The number of hydrogen-bond donors (Lipinski definition) is 0. The summed E-state index contributed by atoms with van der Waals surface area (Å²) in [6, 6.07) is 16.6. The van der Waals surface area contributed by atoms with E-state index in [2.05, 4.69) is 0 Å². The van der Waals surface area contributed by atoms with Crippen LogP contribution in [0.1, 0.15) is 39.1 Å². The first-order valence-electron chi connectivity index (χ1n) is 12.1. The number of amides is 3. The van der Waals surface area contributed by atoms with Crippen LogP contribution in [0.4, 0.5) is 0 Å². The molecule has 0 spiro atoms. The fourth-order valence-electron chi connectivity index (χ4n) is 5.07. The standard InChI is InChI=1S/C29H28N2O5/c1-35-24-11-9-19(17-25(24)36-2)10-12-26(32)30-15-13-20(14-16-30)18-31-28(33)22-7-3-5-21-6-4-8-23(27(21)22)29(31)34/h3-12,17,20H,13-16,18H2,1-2H3. The van der Waals surface area contributed by atoms with Crippen molar-refractivity contribution in [1.29, 1.82) is 0 Å². The van der Waals surface area contributed by atoms with E-state index in [0.717, 1.165) is 29.2 Å². The number of nitrogens with zero attached hydrogens (tertiary/aromatic N) is 2. The number of hydrogen-bond acceptors (Lipinski definition) is 5. The maximum absolute atomic E-state index is 13.2. The van der Waals surface area contributed by atoms with Crippen LogP contribution in [0.25, 0.3) is 16.8 Å². The molecule has 3 aromatic rings. The number of likely N-dealkylation sites (tertiary alicyclic amines) is 1. The summed E-state index contributed by atoms with van der Waals surface area (Å²) in [5.74, 6) is 0.860. The molecular formula is C29H28N2O5. The van der Waals surface area contributed by atoms with E-state index in [1.165, 1.54) is 4.90 Å². The second kappa shape index (κ2) is 9.85. The second-order valence-corrected chi connectivity index (χ2v) is 9.15. The Hall–Kier alpha value is -4.13. The van der Waals surface area contributed by atoms with E-state index in [9.17, 15) is 14.4 Å². The lowest BCUT2D eigenvalue weighted by molar-refractivity contribution is -0.127. The molecule has 7 nitrogen and oxygen atoms in total. The molecule has 36 heavy (non-hydrogen) atoms. The average Bonchev–Trinajstić information content (AvgIpc) is 2.92. The van der Waals surface area contributed by atoms with Crippen molar-refractivity contribution in [1.82, 2.24) is 9.80 Å². The summed E-state index contributed by atoms with van der Waals surface area (Å²) in [6.45, 7) is 1.54. The molecule has 3 amide bonds. The van der Waals surface area contributed by atoms with E-state index in [0.29, 0.717) is 42.3 Å². The van der Waals surface area contributed by atoms with Crippen molar-refractivity contribution >= 4 is 34.6 Å². The maximum Gasteiger partial charge on any atom is 0.261 e. The SMILES string of the molecule is COc1ccc(C=CC(=O)N2CCC(CN3C(=O)c4cccc5cccc(c45)C3=O)CC2)cc1OC. The van der Waals surface area contributed by atoms with Gasteiger partial charge in [0.2, 0.25) is 5.91 Å². The highest BCUT2D eigenvalue weighted by Gasteiger charge is 2.35. The summed E-state index contributed by atoms with van der Waals surface area (Å²) in [5.41, 5.74) is 2.00. The summed E-state index contributed by atoms with van der Waals surface area (Å²) >= 11 is 0. The summed E-state index contributed by atoms with van der Waals surface area (Å²) < 4.78 is 10.6. The van der Waals surface area contributed by atoms with Crippen molar-refractivity contribution in [2.24, 2.45) is 5.92 Å². The van der Waals surface area contributed by atoms with Gasteiger partial charge in [-0.2, -0.15) is 0 Å². The first-order chi connectivity index (χ1) is 17.5. The predicted molar refractivity (Wildman–Crippen MR) is 137 cm³/mol. The lowest BCUT2D eigenvalue weighted by Gasteiger charge is -2.35. The molecule has 0 unspecified atom stereocenters. The Morgan fingerprint density at radius 1 is 0.917 bits per heavy atom. The largest absolute Gasteiger partial charge is 0.493 e. The Bertz CT molecular complexity index is 1320. The molecule has 2 heterocycles. The number of methoxy groups -OCH3 is 2. The number of imide groups is 1. The number of benzene rings is 3. The highest BCUT2D eigenvalue weighted by Crippen LogP contribution is 2.32. The molecule has 0 saturated carbocycles. The molecule has 0 aliphatic carbocycles. The third kappa shape index (κ3) is 4.33. The van der Waals surface area contributed by atoms with Crippen LogP contribution < -0.4 is 9.47 Å². The normalized spacial score (nSPS) is 16.2. The fraction of sp³-hybridized carbons (Fsp3) is 0.276. The Balaban J connectivity index is 1.21. The van der Waals surface area contributed by atoms with Crippen LogP contribution in [-0.2, 0) is 4.79 Å². The Labute approximate surface area is 209 Å². The highest BCUT2D eigenvalue weighted by molar-refractivity contribution is 6.25. The van der Waals surface area contributed by atoms with Crippen molar-refractivity contribution in [2.45, 2.75) is 12.8 Å². The monoisotopic (exact) mass is 484 g/mol. The van der Waals surface area contributed by atoms with Gasteiger partial charge >= 0.3 is 0 Å². The average molecular weight is 485 g/mol. The van der Waals surface area contributed by atoms with E-state index in [1.54, 1.807) is 44.6 Å². The van der Waals surface area contributed by atoms with Gasteiger partial charge in [0, 0.05) is 42.2 Å². The minimum absolute atomic E-state index is 0.0611. The van der Waals surface area contributed by atoms with Crippen LogP contribution in [0.2, 0.25) is 0 Å². The topological polar surface area (TPSA) is 76.2 Å². The molecule has 0 bridgehead atoms. The minimum Gasteiger partial charge on any atom is -0.493 e. The number of carbonyl (C=O) groups is 3. The predicted octanol–water partition coefficient (Wildman–Crippen LogP) is 4.41. The van der Waals surface area contributed by atoms with Crippen LogP contribution in [0, 0.1) is 5.92 Å². The molecule has 0 radical (unpaired) electrons. The molecular weight excluding hydrogens is 456 g/mol. The first-order valence-corrected chi connectivity index (χ1v) is 12.1. The second-order valence-electron chi connectivity index (χ2n) is 9.15. The van der Waals surface area contributed by atoms with E-state index in [4.69, 9.17) is 9.47 Å². The fourth-order valence-corrected chi connectivity index (χ4v) is 5.07. The first kappa shape index (κ1) is 23.6. The van der Waals surface area contributed by atoms with Gasteiger partial charge in [0.25, 0.3) is 11.8 Å². The Morgan fingerprint density at radius 3 is 2.17 bits per heavy atom. The minimum atomic E-state index is -0.236. The number of piperidine rings is 1. The number of ether oxygens (including phenoxy) is 2. The smallest absolute Gasteiger partial charge is 0.261 e. The molecule has 5 rings (SSSR count). The van der Waals surface area contributed by atoms with Crippen LogP contribution >= 0.6 is 0 Å². The maximum atomic E-state index is 13.2. The van der Waals surface area contributed by atoms with Gasteiger partial charge in [0.15, 0.2) is 11.5 Å². The van der Waals surface area contributed by atoms with Gasteiger partial charge in [-0.1, -0.05) is 30.3 Å². The van der Waals surface area contributed by atoms with Crippen LogP contribution in [-0.4, -0.2) is 61.4 Å². The highest BCUT2D eigenvalue weighted by atomic mass is 16.5. The zero-order valence-corrected chi connectivity index (χ0v) is 20.4. The van der Waals surface area contributed by atoms with Crippen molar-refractivity contribution in [3.63, 3.8) is 0 Å². The third-order valence-corrected chi connectivity index (χ3v) is 7.05. The van der Waals surface area contributed by atoms with Gasteiger partial charge in [-0.3, -0.25) is 19.3 Å². The van der Waals surface area contributed by atoms with Gasteiger partial charge < -0.3 is 14.4 Å². The lowest BCUT2D eigenvalue weighted by atomic mass is 9.91. The zero-order chi connectivity index (χ0) is 25.2. The Kier molecular flexibility index (Phi) is 6.46. The van der Waals surface area contributed by atoms with Crippen molar-refractivity contribution in [3.8, 4) is 11.5 Å². The summed E-state index contributed by atoms with van der Waals surface area (Å²) in [5, 5.41) is 1.65. The van der Waals surface area contributed by atoms with Gasteiger partial charge in [-0.05, 0) is 60.1 Å². The summed E-state index contributed by atoms with van der Waals surface area (Å²) in [7, 11) is 3.15. The summed E-state index contributed by atoms with van der Waals surface area (Å²) in [4.78, 5) is 42.3. The molecule has 0 N–H and O–H groups in total. The molecule has 184 valence electrons. The molecule has 0 atom stereocenters. The van der Waals surface area contributed by atoms with E-state index >= 15 is 0 Å². The van der Waals surface area contributed by atoms with Crippen molar-refractivity contribution in [2.75, 3.05) is 33.9 Å². The van der Waals surface area contributed by atoms with Crippen LogP contribution in [0.3, 0.4) is 0 Å². The van der Waals surface area contributed by atoms with Crippen molar-refractivity contribution < 1.29 is 23.9 Å². The molecule has 2 aliphatic heterocycles. The van der Waals surface area contributed by atoms with Crippen molar-refractivity contribution in [3.05, 3.63) is 77.4 Å². The lowest BCUT2D eigenvalue weighted by Crippen LogP contribution is -2.46. The summed E-state index contributed by atoms with van der Waals surface area (Å²) in [6.07, 6.45) is 4.80. The van der Waals surface area contributed by atoms with Gasteiger partial charge in [0.1, 0.15) is 0 Å². The molecule has 3 aromatic carbocycles. The zero-order valence-electron chi connectivity index (χ0n) is 20.4. The van der Waals surface area contributed by atoms with E-state index < -0.39 is 0 Å². The number of carbonyl (C=O) groups excluding carboxylic acids is 3. The molecule has 0 aromatic heterocycles. The number of rotatable bonds is 6.